The fourth-order valence-corrected chi connectivity index (χ4v) is 9.94. The number of piperazine rings is 1. The molecular weight excluding hydrogens is 791 g/mol. The summed E-state index contributed by atoms with van der Waals surface area (Å²) in [4.78, 5) is 65.6. The van der Waals surface area contributed by atoms with Crippen LogP contribution in [-0.2, 0) is 19.1 Å². The van der Waals surface area contributed by atoms with E-state index in [-0.39, 0.29) is 53.7 Å². The lowest BCUT2D eigenvalue weighted by Gasteiger charge is -2.38. The molecule has 1 aromatic carbocycles. The van der Waals surface area contributed by atoms with Crippen molar-refractivity contribution in [2.45, 2.75) is 75.5 Å². The number of anilines is 3. The first-order valence-corrected chi connectivity index (χ1v) is 21.2. The first-order valence-electron chi connectivity index (χ1n) is 21.2. The van der Waals surface area contributed by atoms with Crippen LogP contribution in [0.25, 0.3) is 16.6 Å². The Balaban J connectivity index is 0.699. The molecule has 1 aliphatic carbocycles. The van der Waals surface area contributed by atoms with E-state index in [9.17, 15) is 28.0 Å². The Labute approximate surface area is 349 Å². The average Bonchev–Trinajstić information content (AvgIpc) is 4.11. The van der Waals surface area contributed by atoms with E-state index < -0.39 is 23.9 Å². The summed E-state index contributed by atoms with van der Waals surface area (Å²) in [7, 11) is 0. The van der Waals surface area contributed by atoms with Crippen LogP contribution in [0.2, 0.25) is 0 Å². The fourth-order valence-electron chi connectivity index (χ4n) is 9.94. The third kappa shape index (κ3) is 7.85. The van der Waals surface area contributed by atoms with Crippen molar-refractivity contribution in [3.05, 3.63) is 65.9 Å². The molecule has 1 unspecified atom stereocenters. The van der Waals surface area contributed by atoms with Gasteiger partial charge in [-0.2, -0.15) is 10.2 Å². The topological polar surface area (TPSA) is 187 Å². The Morgan fingerprint density at radius 3 is 2.54 bits per heavy atom. The number of aromatic nitrogens is 6. The van der Waals surface area contributed by atoms with Gasteiger partial charge in [0.15, 0.2) is 11.3 Å². The summed E-state index contributed by atoms with van der Waals surface area (Å²) >= 11 is 0. The van der Waals surface area contributed by atoms with Gasteiger partial charge in [-0.05, 0) is 62.1 Å². The standard InChI is InChI=1S/C42H48F2N12O5/c43-39(44)38-33(48-42(60)31-18-46-55-11-10-34(49-40(31)55)54-20-27-16-26(54)23-61-27)21-56(51-38)25-6-4-24(5-7-25)19-52-12-14-53(15-13-52)22-36(58)47-32-3-1-2-28-30(17-45-37(28)32)29-8-9-35(57)50-41(29)59/h1-3,10-11,17-18,21,24-27,29,39,45H,4-9,12-16,19-20,22-23H2,(H,47,58)(H,48,60)(H,50,57,59)/t24?,25?,26-,27-,29?/m0/s1. The number of benzene rings is 1. The van der Waals surface area contributed by atoms with Crippen LogP contribution in [0, 0.1) is 5.92 Å². The van der Waals surface area contributed by atoms with E-state index in [1.165, 1.54) is 16.9 Å². The molecule has 0 radical (unpaired) electrons. The van der Waals surface area contributed by atoms with Crippen LogP contribution in [0.3, 0.4) is 0 Å². The molecule has 4 N–H and O–H groups in total. The molecule has 5 aromatic rings. The molecule has 8 heterocycles. The van der Waals surface area contributed by atoms with Gasteiger partial charge in [0.2, 0.25) is 17.7 Å². The van der Waals surface area contributed by atoms with Crippen LogP contribution in [0.5, 0.6) is 0 Å². The van der Waals surface area contributed by atoms with E-state index >= 15 is 0 Å². The normalized spacial score (nSPS) is 24.9. The lowest BCUT2D eigenvalue weighted by molar-refractivity contribution is -0.134. The van der Waals surface area contributed by atoms with Crippen LogP contribution in [0.4, 0.5) is 26.0 Å². The summed E-state index contributed by atoms with van der Waals surface area (Å²) in [6.07, 6.45) is 8.89. The van der Waals surface area contributed by atoms with Crippen molar-refractivity contribution in [3.8, 4) is 0 Å². The molecule has 4 aromatic heterocycles. The van der Waals surface area contributed by atoms with Gasteiger partial charge in [-0.1, -0.05) is 12.1 Å². The number of H-pyrrole nitrogens is 1. The molecule has 17 nitrogen and oxygen atoms in total. The number of amides is 4. The number of carbonyl (C=O) groups is 4. The lowest BCUT2D eigenvalue weighted by Crippen LogP contribution is -2.49. The maximum Gasteiger partial charge on any atom is 0.284 e. The first-order chi connectivity index (χ1) is 29.6. The third-order valence-corrected chi connectivity index (χ3v) is 13.2. The van der Waals surface area contributed by atoms with Crippen LogP contribution in [-0.4, -0.2) is 127 Å². The highest BCUT2D eigenvalue weighted by Gasteiger charge is 2.40. The van der Waals surface area contributed by atoms with E-state index in [4.69, 9.17) is 9.72 Å². The number of imide groups is 1. The summed E-state index contributed by atoms with van der Waals surface area (Å²) < 4.78 is 37.4. The number of para-hydroxylation sites is 1. The van der Waals surface area contributed by atoms with Crippen molar-refractivity contribution >= 4 is 57.4 Å². The van der Waals surface area contributed by atoms with Crippen molar-refractivity contribution in [1.82, 2.24) is 44.5 Å². The predicted octanol–water partition coefficient (Wildman–Crippen LogP) is 4.08. The number of piperidine rings is 1. The highest BCUT2D eigenvalue weighted by atomic mass is 19.3. The zero-order valence-corrected chi connectivity index (χ0v) is 33.6. The van der Waals surface area contributed by atoms with Crippen molar-refractivity contribution in [2.75, 3.05) is 68.0 Å². The second kappa shape index (κ2) is 16.2. The predicted molar refractivity (Wildman–Crippen MR) is 220 cm³/mol. The van der Waals surface area contributed by atoms with E-state index in [0.717, 1.165) is 93.7 Å². The lowest BCUT2D eigenvalue weighted by atomic mass is 9.85. The molecule has 5 aliphatic rings. The number of ether oxygens (including phenoxy) is 1. The smallest absolute Gasteiger partial charge is 0.284 e. The highest BCUT2D eigenvalue weighted by Crippen LogP contribution is 2.37. The Hall–Kier alpha value is -5.79. The van der Waals surface area contributed by atoms with Gasteiger partial charge in [0.05, 0.1) is 60.3 Å². The molecule has 0 spiro atoms. The molecule has 1 saturated carbocycles. The van der Waals surface area contributed by atoms with Gasteiger partial charge in [-0.15, -0.1) is 0 Å². The molecule has 4 saturated heterocycles. The van der Waals surface area contributed by atoms with Gasteiger partial charge in [-0.3, -0.25) is 34.1 Å². The Morgan fingerprint density at radius 1 is 0.967 bits per heavy atom. The van der Waals surface area contributed by atoms with E-state index in [1.54, 1.807) is 17.1 Å². The number of halogens is 2. The fraction of sp³-hybridized carbons (Fsp3) is 0.500. The zero-order chi connectivity index (χ0) is 41.8. The summed E-state index contributed by atoms with van der Waals surface area (Å²) in [5, 5.41) is 17.6. The number of hydrogen-bond donors (Lipinski definition) is 4. The van der Waals surface area contributed by atoms with Gasteiger partial charge in [0.1, 0.15) is 11.4 Å². The number of hydrogen-bond acceptors (Lipinski definition) is 11. The van der Waals surface area contributed by atoms with Crippen LogP contribution in [0.15, 0.2) is 49.1 Å². The first kappa shape index (κ1) is 39.4. The summed E-state index contributed by atoms with van der Waals surface area (Å²) in [6.45, 7) is 5.76. The summed E-state index contributed by atoms with van der Waals surface area (Å²) in [5.41, 5.74) is 2.27. The number of carbonyl (C=O) groups excluding carboxylic acids is 4. The maximum atomic E-state index is 14.3. The highest BCUT2D eigenvalue weighted by molar-refractivity contribution is 6.08. The number of morpholine rings is 1. The summed E-state index contributed by atoms with van der Waals surface area (Å²) in [6, 6.07) is 7.65. The monoisotopic (exact) mass is 838 g/mol. The maximum absolute atomic E-state index is 14.3. The Bertz CT molecular complexity index is 2490. The minimum Gasteiger partial charge on any atom is -0.374 e. The molecule has 4 aliphatic heterocycles. The van der Waals surface area contributed by atoms with Gasteiger partial charge in [-0.25, -0.2) is 18.3 Å². The average molecular weight is 839 g/mol. The Kier molecular flexibility index (Phi) is 10.5. The largest absolute Gasteiger partial charge is 0.374 e. The number of nitrogens with one attached hydrogen (secondary N) is 4. The van der Waals surface area contributed by atoms with Gasteiger partial charge < -0.3 is 30.2 Å². The molecule has 19 heteroatoms. The second-order valence-electron chi connectivity index (χ2n) is 17.0. The van der Waals surface area contributed by atoms with E-state index in [2.05, 4.69) is 45.8 Å². The molecule has 61 heavy (non-hydrogen) atoms. The zero-order valence-electron chi connectivity index (χ0n) is 33.6. The number of fused-ring (bicyclic) bond motifs is 4. The molecule has 2 bridgehead atoms. The minimum atomic E-state index is -2.87. The SMILES string of the molecule is O=C1CCC(c2c[nH]c3c(NC(=O)CN4CCN(CC5CCC(n6cc(NC(=O)c7cnn8ccc(N9C[C@@H]%10C[C@H]9CO%10)nc78)c(C(F)F)n6)CC5)CC4)cccc23)C(=O)N1. The molecule has 4 amide bonds. The van der Waals surface area contributed by atoms with Crippen LogP contribution < -0.4 is 20.9 Å². The summed E-state index contributed by atoms with van der Waals surface area (Å²) in [5.74, 6) is -0.492. The number of nitrogens with zero attached hydrogens (tertiary/aromatic N) is 8. The van der Waals surface area contributed by atoms with Crippen molar-refractivity contribution < 1.29 is 32.7 Å². The third-order valence-electron chi connectivity index (χ3n) is 13.2. The Morgan fingerprint density at radius 2 is 1.79 bits per heavy atom. The molecule has 320 valence electrons. The molecular formula is C42H48F2N12O5. The van der Waals surface area contributed by atoms with Gasteiger partial charge in [0, 0.05) is 69.7 Å². The van der Waals surface area contributed by atoms with Crippen molar-refractivity contribution in [2.24, 2.45) is 5.92 Å². The van der Waals surface area contributed by atoms with E-state index in [1.807, 2.05) is 24.3 Å². The van der Waals surface area contributed by atoms with Crippen molar-refractivity contribution in [1.29, 1.82) is 0 Å². The number of aromatic amines is 1. The van der Waals surface area contributed by atoms with Gasteiger partial charge in [0.25, 0.3) is 12.3 Å². The van der Waals surface area contributed by atoms with Gasteiger partial charge >= 0.3 is 0 Å². The molecule has 5 fully saturated rings. The van der Waals surface area contributed by atoms with E-state index in [0.29, 0.717) is 36.7 Å². The second-order valence-corrected chi connectivity index (χ2v) is 17.0. The minimum absolute atomic E-state index is 0.0153. The quantitative estimate of drug-likeness (QED) is 0.141. The number of rotatable bonds is 11. The van der Waals surface area contributed by atoms with Crippen molar-refractivity contribution in [3.63, 3.8) is 0 Å². The molecule has 3 atom stereocenters. The van der Waals surface area contributed by atoms with Crippen LogP contribution in [0.1, 0.15) is 84.9 Å². The molecule has 10 rings (SSSR count). The number of alkyl halides is 2. The van der Waals surface area contributed by atoms with Crippen LogP contribution >= 0.6 is 0 Å².